The summed E-state index contributed by atoms with van der Waals surface area (Å²) in [6, 6.07) is 3.74. The Morgan fingerprint density at radius 3 is 2.40 bits per heavy atom. The maximum Gasteiger partial charge on any atom is 0.222 e. The van der Waals surface area contributed by atoms with Crippen molar-refractivity contribution in [3.8, 4) is 0 Å². The highest BCUT2D eigenvalue weighted by Crippen LogP contribution is 2.17. The van der Waals surface area contributed by atoms with Gasteiger partial charge in [0, 0.05) is 31.8 Å². The van der Waals surface area contributed by atoms with E-state index in [4.69, 9.17) is 0 Å². The molecule has 0 fully saturated rings. The van der Waals surface area contributed by atoms with Gasteiger partial charge in [-0.25, -0.2) is 0 Å². The monoisotopic (exact) mass is 225 g/mol. The fraction of sp³-hybridized carbons (Fsp3) is 0.455. The lowest BCUT2D eigenvalue weighted by Gasteiger charge is -2.08. The molecule has 0 saturated carbocycles. The molecule has 1 rings (SSSR count). The van der Waals surface area contributed by atoms with Gasteiger partial charge in [0.05, 0.1) is 4.88 Å². The molecule has 0 radical (unpaired) electrons. The first kappa shape index (κ1) is 11.9. The molecule has 0 saturated heterocycles. The topological polar surface area (TPSA) is 37.4 Å². The summed E-state index contributed by atoms with van der Waals surface area (Å²) < 4.78 is 0. The van der Waals surface area contributed by atoms with Gasteiger partial charge < -0.3 is 4.90 Å². The Hall–Kier alpha value is -1.16. The third kappa shape index (κ3) is 3.47. The Bertz CT molecular complexity index is 368. The molecule has 0 aromatic carbocycles. The summed E-state index contributed by atoms with van der Waals surface area (Å²) in [5.41, 5.74) is 0. The van der Waals surface area contributed by atoms with Crippen LogP contribution < -0.4 is 0 Å². The fourth-order valence-corrected chi connectivity index (χ4v) is 1.99. The first-order valence-electron chi connectivity index (χ1n) is 4.80. The van der Waals surface area contributed by atoms with E-state index in [-0.39, 0.29) is 11.7 Å². The standard InChI is InChI=1S/C11H15NO2S/c1-8-4-6-10(15-8)9(13)5-7-11(14)12(2)3/h4,6H,5,7H2,1-3H3. The van der Waals surface area contributed by atoms with Crippen LogP contribution in [0.15, 0.2) is 12.1 Å². The minimum absolute atomic E-state index is 0.00312. The quantitative estimate of drug-likeness (QED) is 0.736. The Kier molecular flexibility index (Phi) is 4.03. The van der Waals surface area contributed by atoms with E-state index in [9.17, 15) is 9.59 Å². The number of aryl methyl sites for hydroxylation is 1. The zero-order valence-corrected chi connectivity index (χ0v) is 10.1. The van der Waals surface area contributed by atoms with Crippen molar-refractivity contribution in [2.75, 3.05) is 14.1 Å². The highest BCUT2D eigenvalue weighted by molar-refractivity contribution is 7.14. The number of carbonyl (C=O) groups is 2. The minimum Gasteiger partial charge on any atom is -0.349 e. The van der Waals surface area contributed by atoms with Gasteiger partial charge in [-0.2, -0.15) is 0 Å². The van der Waals surface area contributed by atoms with Crippen LogP contribution in [-0.4, -0.2) is 30.7 Å². The van der Waals surface area contributed by atoms with E-state index >= 15 is 0 Å². The average molecular weight is 225 g/mol. The number of carbonyl (C=O) groups excluding carboxylic acids is 2. The van der Waals surface area contributed by atoms with Crippen LogP contribution >= 0.6 is 11.3 Å². The van der Waals surface area contributed by atoms with Gasteiger partial charge in [0.15, 0.2) is 5.78 Å². The van der Waals surface area contributed by atoms with Crippen LogP contribution in [0.5, 0.6) is 0 Å². The van der Waals surface area contributed by atoms with E-state index < -0.39 is 0 Å². The first-order valence-corrected chi connectivity index (χ1v) is 5.62. The summed E-state index contributed by atoms with van der Waals surface area (Å²) in [6.45, 7) is 1.96. The normalized spacial score (nSPS) is 10.1. The van der Waals surface area contributed by atoms with Crippen molar-refractivity contribution in [2.24, 2.45) is 0 Å². The number of ketones is 1. The number of amides is 1. The second-order valence-electron chi connectivity index (χ2n) is 3.62. The van der Waals surface area contributed by atoms with Gasteiger partial charge in [-0.3, -0.25) is 9.59 Å². The molecule has 0 atom stereocenters. The summed E-state index contributed by atoms with van der Waals surface area (Å²) in [7, 11) is 3.39. The van der Waals surface area contributed by atoms with Gasteiger partial charge in [0.1, 0.15) is 0 Å². The summed E-state index contributed by atoms with van der Waals surface area (Å²) in [5, 5.41) is 0. The molecule has 82 valence electrons. The van der Waals surface area contributed by atoms with Crippen molar-refractivity contribution < 1.29 is 9.59 Å². The maximum absolute atomic E-state index is 11.6. The van der Waals surface area contributed by atoms with Gasteiger partial charge in [0.25, 0.3) is 0 Å². The lowest BCUT2D eigenvalue weighted by atomic mass is 10.2. The van der Waals surface area contributed by atoms with E-state index in [1.165, 1.54) is 16.2 Å². The average Bonchev–Trinajstić information content (AvgIpc) is 2.60. The fourth-order valence-electron chi connectivity index (χ4n) is 1.15. The maximum atomic E-state index is 11.6. The number of rotatable bonds is 4. The first-order chi connectivity index (χ1) is 7.00. The molecular weight excluding hydrogens is 210 g/mol. The van der Waals surface area contributed by atoms with Gasteiger partial charge in [-0.1, -0.05) is 0 Å². The molecule has 0 aliphatic carbocycles. The van der Waals surface area contributed by atoms with Crippen LogP contribution in [-0.2, 0) is 4.79 Å². The predicted octanol–water partition coefficient (Wildman–Crippen LogP) is 2.11. The molecule has 1 aromatic rings. The van der Waals surface area contributed by atoms with Crippen molar-refractivity contribution in [2.45, 2.75) is 19.8 Å². The molecule has 1 amide bonds. The molecule has 15 heavy (non-hydrogen) atoms. The van der Waals surface area contributed by atoms with Crippen molar-refractivity contribution in [1.82, 2.24) is 4.90 Å². The molecule has 0 aliphatic rings. The van der Waals surface area contributed by atoms with Crippen molar-refractivity contribution in [3.05, 3.63) is 21.9 Å². The minimum atomic E-state index is -0.00312. The molecule has 3 nitrogen and oxygen atoms in total. The summed E-state index contributed by atoms with van der Waals surface area (Å²) in [6.07, 6.45) is 0.597. The SMILES string of the molecule is Cc1ccc(C(=O)CCC(=O)N(C)C)s1. The largest absolute Gasteiger partial charge is 0.349 e. The summed E-state index contributed by atoms with van der Waals surface area (Å²) >= 11 is 1.48. The second kappa shape index (κ2) is 5.07. The van der Waals surface area contributed by atoms with E-state index in [0.29, 0.717) is 12.8 Å². The van der Waals surface area contributed by atoms with Gasteiger partial charge in [0.2, 0.25) is 5.91 Å². The number of hydrogen-bond donors (Lipinski definition) is 0. The molecule has 0 aliphatic heterocycles. The lowest BCUT2D eigenvalue weighted by molar-refractivity contribution is -0.128. The van der Waals surface area contributed by atoms with Crippen LogP contribution in [0.3, 0.4) is 0 Å². The van der Waals surface area contributed by atoms with Crippen molar-refractivity contribution in [1.29, 1.82) is 0 Å². The smallest absolute Gasteiger partial charge is 0.222 e. The molecule has 1 aromatic heterocycles. The van der Waals surface area contributed by atoms with E-state index in [1.54, 1.807) is 14.1 Å². The third-order valence-electron chi connectivity index (χ3n) is 2.08. The number of nitrogens with zero attached hydrogens (tertiary/aromatic N) is 1. The predicted molar refractivity (Wildman–Crippen MR) is 61.3 cm³/mol. The molecule has 0 N–H and O–H groups in total. The number of Topliss-reactive ketones (excluding diaryl/α,β-unsaturated/α-hetero) is 1. The number of hydrogen-bond acceptors (Lipinski definition) is 3. The van der Waals surface area contributed by atoms with Crippen LogP contribution in [0.1, 0.15) is 27.4 Å². The van der Waals surface area contributed by atoms with Crippen LogP contribution in [0.2, 0.25) is 0 Å². The Labute approximate surface area is 93.7 Å². The van der Waals surface area contributed by atoms with Gasteiger partial charge >= 0.3 is 0 Å². The molecule has 1 heterocycles. The van der Waals surface area contributed by atoms with Crippen LogP contribution in [0.25, 0.3) is 0 Å². The summed E-state index contributed by atoms with van der Waals surface area (Å²) in [4.78, 5) is 26.3. The van der Waals surface area contributed by atoms with Gasteiger partial charge in [-0.15, -0.1) is 11.3 Å². The molecule has 0 spiro atoms. The second-order valence-corrected chi connectivity index (χ2v) is 4.91. The van der Waals surface area contributed by atoms with E-state index in [2.05, 4.69) is 0 Å². The molecule has 0 bridgehead atoms. The highest BCUT2D eigenvalue weighted by Gasteiger charge is 2.11. The zero-order chi connectivity index (χ0) is 11.4. The van der Waals surface area contributed by atoms with Gasteiger partial charge in [-0.05, 0) is 19.1 Å². The lowest BCUT2D eigenvalue weighted by Crippen LogP contribution is -2.22. The Morgan fingerprint density at radius 1 is 1.27 bits per heavy atom. The van der Waals surface area contributed by atoms with Crippen LogP contribution in [0.4, 0.5) is 0 Å². The van der Waals surface area contributed by atoms with E-state index in [1.807, 2.05) is 19.1 Å². The Morgan fingerprint density at radius 2 is 1.93 bits per heavy atom. The zero-order valence-electron chi connectivity index (χ0n) is 9.24. The van der Waals surface area contributed by atoms with E-state index in [0.717, 1.165) is 9.75 Å². The molecule has 4 heteroatoms. The highest BCUT2D eigenvalue weighted by atomic mass is 32.1. The number of thiophene rings is 1. The van der Waals surface area contributed by atoms with Crippen molar-refractivity contribution in [3.63, 3.8) is 0 Å². The third-order valence-corrected chi connectivity index (χ3v) is 3.12. The molecular formula is C11H15NO2S. The molecule has 0 unspecified atom stereocenters. The Balaban J connectivity index is 2.47. The summed E-state index contributed by atoms with van der Waals surface area (Å²) in [5.74, 6) is 0.0555. The van der Waals surface area contributed by atoms with Crippen LogP contribution in [0, 0.1) is 6.92 Å². The van der Waals surface area contributed by atoms with Crippen molar-refractivity contribution >= 4 is 23.0 Å².